The maximum absolute atomic E-state index is 11.8. The molecule has 0 aliphatic heterocycles. The number of esters is 1. The maximum Gasteiger partial charge on any atom is 0.514 e. The van der Waals surface area contributed by atoms with Crippen LogP contribution in [0.1, 0.15) is 47.1 Å². The van der Waals surface area contributed by atoms with Crippen molar-refractivity contribution in [2.75, 3.05) is 7.11 Å². The number of benzene rings is 1. The Morgan fingerprint density at radius 3 is 2.04 bits per heavy atom. The number of methoxy groups -OCH3 is 1. The zero-order chi connectivity index (χ0) is 19.3. The Labute approximate surface area is 148 Å². The molecular weight excluding hydrogens is 324 g/mol. The quantitative estimate of drug-likeness (QED) is 0.456. The maximum atomic E-state index is 11.8. The summed E-state index contributed by atoms with van der Waals surface area (Å²) >= 11 is 0. The highest BCUT2D eigenvalue weighted by atomic mass is 16.7. The number of carbonyl (C=O) groups excluding carboxylic acids is 2. The Morgan fingerprint density at radius 2 is 1.52 bits per heavy atom. The van der Waals surface area contributed by atoms with Crippen LogP contribution in [0.15, 0.2) is 24.3 Å². The molecule has 0 aliphatic rings. The largest absolute Gasteiger partial charge is 0.514 e. The summed E-state index contributed by atoms with van der Waals surface area (Å²) in [5.41, 5.74) is -0.510. The van der Waals surface area contributed by atoms with Gasteiger partial charge in [-0.25, -0.2) is 9.59 Å². The van der Waals surface area contributed by atoms with Crippen LogP contribution in [-0.2, 0) is 14.3 Å². The van der Waals surface area contributed by atoms with Gasteiger partial charge in [0, 0.05) is 6.08 Å². The number of ether oxygens (including phenoxy) is 4. The summed E-state index contributed by atoms with van der Waals surface area (Å²) in [5.74, 6) is 0.129. The fourth-order valence-corrected chi connectivity index (χ4v) is 1.73. The van der Waals surface area contributed by atoms with E-state index in [1.165, 1.54) is 13.2 Å². The van der Waals surface area contributed by atoms with Crippen molar-refractivity contribution in [2.24, 2.45) is 0 Å². The molecule has 25 heavy (non-hydrogen) atoms. The smallest absolute Gasteiger partial charge is 0.493 e. The molecule has 0 radical (unpaired) electrons. The molecule has 0 aliphatic carbocycles. The van der Waals surface area contributed by atoms with Gasteiger partial charge in [-0.15, -0.1) is 0 Å². The van der Waals surface area contributed by atoms with E-state index >= 15 is 0 Å². The van der Waals surface area contributed by atoms with Crippen molar-refractivity contribution in [2.45, 2.75) is 52.7 Å². The lowest BCUT2D eigenvalue weighted by atomic mass is 10.2. The minimum absolute atomic E-state index is 0.228. The average molecular weight is 350 g/mol. The van der Waals surface area contributed by atoms with Crippen LogP contribution in [0.5, 0.6) is 11.5 Å². The van der Waals surface area contributed by atoms with Gasteiger partial charge in [0.1, 0.15) is 11.2 Å². The molecule has 1 aromatic carbocycles. The van der Waals surface area contributed by atoms with E-state index in [0.29, 0.717) is 11.3 Å². The lowest BCUT2D eigenvalue weighted by molar-refractivity contribution is -0.148. The van der Waals surface area contributed by atoms with Crippen LogP contribution in [0.25, 0.3) is 6.08 Å². The zero-order valence-electron chi connectivity index (χ0n) is 15.8. The van der Waals surface area contributed by atoms with Gasteiger partial charge in [-0.2, -0.15) is 0 Å². The molecule has 0 N–H and O–H groups in total. The highest BCUT2D eigenvalue weighted by Gasteiger charge is 2.19. The monoisotopic (exact) mass is 350 g/mol. The van der Waals surface area contributed by atoms with Crippen LogP contribution < -0.4 is 9.47 Å². The summed E-state index contributed by atoms with van der Waals surface area (Å²) in [6, 6.07) is 4.89. The van der Waals surface area contributed by atoms with E-state index in [1.54, 1.807) is 65.8 Å². The van der Waals surface area contributed by atoms with Gasteiger partial charge in [0.25, 0.3) is 0 Å². The molecule has 1 aromatic rings. The van der Waals surface area contributed by atoms with Gasteiger partial charge in [0.05, 0.1) is 7.11 Å². The van der Waals surface area contributed by atoms with Gasteiger partial charge in [-0.3, -0.25) is 0 Å². The Balaban J connectivity index is 2.84. The lowest BCUT2D eigenvalue weighted by Crippen LogP contribution is -2.26. The zero-order valence-corrected chi connectivity index (χ0v) is 15.8. The highest BCUT2D eigenvalue weighted by molar-refractivity contribution is 5.87. The van der Waals surface area contributed by atoms with Crippen LogP contribution in [0.3, 0.4) is 0 Å². The first kappa shape index (κ1) is 20.5. The van der Waals surface area contributed by atoms with Gasteiger partial charge >= 0.3 is 12.1 Å². The van der Waals surface area contributed by atoms with Crippen molar-refractivity contribution >= 4 is 18.2 Å². The summed E-state index contributed by atoms with van der Waals surface area (Å²) in [4.78, 5) is 23.5. The molecule has 6 heteroatoms. The molecule has 0 unspecified atom stereocenters. The first-order valence-corrected chi connectivity index (χ1v) is 7.89. The lowest BCUT2D eigenvalue weighted by Gasteiger charge is -2.19. The first-order valence-electron chi connectivity index (χ1n) is 7.89. The van der Waals surface area contributed by atoms with Crippen molar-refractivity contribution in [1.29, 1.82) is 0 Å². The van der Waals surface area contributed by atoms with E-state index in [-0.39, 0.29) is 5.75 Å². The molecule has 0 amide bonds. The first-order chi connectivity index (χ1) is 11.4. The van der Waals surface area contributed by atoms with Crippen molar-refractivity contribution in [3.63, 3.8) is 0 Å². The fraction of sp³-hybridized carbons (Fsp3) is 0.474. The molecule has 0 bridgehead atoms. The second-order valence-electron chi connectivity index (χ2n) is 7.34. The van der Waals surface area contributed by atoms with Crippen molar-refractivity contribution in [3.8, 4) is 11.5 Å². The van der Waals surface area contributed by atoms with Crippen molar-refractivity contribution in [1.82, 2.24) is 0 Å². The van der Waals surface area contributed by atoms with E-state index in [1.807, 2.05) is 0 Å². The van der Waals surface area contributed by atoms with E-state index in [0.717, 1.165) is 0 Å². The van der Waals surface area contributed by atoms with Crippen LogP contribution in [0.2, 0.25) is 0 Å². The second kappa shape index (κ2) is 8.05. The van der Waals surface area contributed by atoms with Crippen LogP contribution in [0.4, 0.5) is 4.79 Å². The van der Waals surface area contributed by atoms with Gasteiger partial charge in [-0.05, 0) is 65.3 Å². The van der Waals surface area contributed by atoms with Gasteiger partial charge in [0.2, 0.25) is 0 Å². The topological polar surface area (TPSA) is 71.1 Å². The van der Waals surface area contributed by atoms with E-state index in [2.05, 4.69) is 0 Å². The molecule has 0 aromatic heterocycles. The normalized spacial score (nSPS) is 12.0. The predicted molar refractivity (Wildman–Crippen MR) is 94.7 cm³/mol. The number of hydrogen-bond acceptors (Lipinski definition) is 6. The molecule has 0 atom stereocenters. The fourth-order valence-electron chi connectivity index (χ4n) is 1.73. The van der Waals surface area contributed by atoms with Crippen molar-refractivity contribution in [3.05, 3.63) is 29.8 Å². The Hall–Kier alpha value is -2.50. The molecule has 6 nitrogen and oxygen atoms in total. The van der Waals surface area contributed by atoms with Gasteiger partial charge in [-0.1, -0.05) is 6.07 Å². The molecule has 1 rings (SSSR count). The van der Waals surface area contributed by atoms with E-state index in [9.17, 15) is 9.59 Å². The van der Waals surface area contributed by atoms with Gasteiger partial charge in [0.15, 0.2) is 11.5 Å². The molecule has 138 valence electrons. The molecule has 0 heterocycles. The Morgan fingerprint density at radius 1 is 0.920 bits per heavy atom. The van der Waals surface area contributed by atoms with Crippen LogP contribution in [-0.4, -0.2) is 30.4 Å². The minimum atomic E-state index is -0.817. The molecule has 0 saturated carbocycles. The second-order valence-corrected chi connectivity index (χ2v) is 7.34. The standard InChI is InChI=1S/C19H26O6/c1-18(2,3)24-16(20)11-9-13-8-10-14(15(12-13)22-7)23-17(21)25-19(4,5)6/h8-12H,1-7H3/b11-9+. The van der Waals surface area contributed by atoms with Crippen molar-refractivity contribution < 1.29 is 28.5 Å². The SMILES string of the molecule is COc1cc(/C=C/C(=O)OC(C)(C)C)ccc1OC(=O)OC(C)(C)C. The van der Waals surface area contributed by atoms with Gasteiger partial charge < -0.3 is 18.9 Å². The summed E-state index contributed by atoms with van der Waals surface area (Å²) in [6.07, 6.45) is 2.10. The van der Waals surface area contributed by atoms with Crippen LogP contribution in [0, 0.1) is 0 Å². The number of rotatable bonds is 4. The molecule has 0 fully saturated rings. The Kier molecular flexibility index (Phi) is 6.62. The van der Waals surface area contributed by atoms with E-state index < -0.39 is 23.3 Å². The molecular formula is C19H26O6. The summed E-state index contributed by atoms with van der Waals surface area (Å²) in [5, 5.41) is 0. The average Bonchev–Trinajstić information content (AvgIpc) is 2.42. The summed E-state index contributed by atoms with van der Waals surface area (Å²) in [7, 11) is 1.46. The Bertz CT molecular complexity index is 647. The predicted octanol–water partition coefficient (Wildman–Crippen LogP) is 4.36. The molecule has 0 spiro atoms. The third kappa shape index (κ3) is 8.24. The minimum Gasteiger partial charge on any atom is -0.493 e. The number of carbonyl (C=O) groups is 2. The molecule has 0 saturated heterocycles. The highest BCUT2D eigenvalue weighted by Crippen LogP contribution is 2.29. The van der Waals surface area contributed by atoms with E-state index in [4.69, 9.17) is 18.9 Å². The third-order valence-corrected chi connectivity index (χ3v) is 2.59. The van der Waals surface area contributed by atoms with Crippen LogP contribution >= 0.6 is 0 Å². The third-order valence-electron chi connectivity index (χ3n) is 2.59. The number of hydrogen-bond donors (Lipinski definition) is 0. The summed E-state index contributed by atoms with van der Waals surface area (Å²) < 4.78 is 20.7. The summed E-state index contributed by atoms with van der Waals surface area (Å²) in [6.45, 7) is 10.6.